The molecule has 1 heterocycles. The van der Waals surface area contributed by atoms with E-state index < -0.39 is 29.6 Å². The number of hydrogen-bond acceptors (Lipinski definition) is 5. The van der Waals surface area contributed by atoms with Crippen molar-refractivity contribution in [2.45, 2.75) is 25.3 Å². The van der Waals surface area contributed by atoms with Crippen molar-refractivity contribution >= 4 is 17.6 Å². The molecule has 4 rings (SSSR count). The number of hydrogen-bond donors (Lipinski definition) is 0. The maximum Gasteiger partial charge on any atom is 0.340 e. The molecular formula is C29H23ClF2N2O3. The number of methoxy groups -OCH3 is 1. The molecular weight excluding hydrogens is 498 g/mol. The molecule has 1 aromatic heterocycles. The zero-order valence-corrected chi connectivity index (χ0v) is 20.9. The Hall–Kier alpha value is -3.97. The van der Waals surface area contributed by atoms with Crippen LogP contribution < -0.4 is 0 Å². The van der Waals surface area contributed by atoms with Gasteiger partial charge in [-0.1, -0.05) is 53.2 Å². The molecule has 2 atom stereocenters. The SMILES string of the molecule is COC(=O)c1ccc(-c2ccc(C(CC(N=O)c3ccnc(C)c3)c3ccc(Cl)cc3F)cc2)cc1F. The third-order valence-corrected chi connectivity index (χ3v) is 6.49. The summed E-state index contributed by atoms with van der Waals surface area (Å²) < 4.78 is 34.1. The molecule has 0 aliphatic heterocycles. The Balaban J connectivity index is 1.71. The zero-order valence-electron chi connectivity index (χ0n) is 20.1. The van der Waals surface area contributed by atoms with Gasteiger partial charge in [-0.25, -0.2) is 13.6 Å². The zero-order chi connectivity index (χ0) is 26.5. The second-order valence-electron chi connectivity index (χ2n) is 8.61. The van der Waals surface area contributed by atoms with E-state index in [1.54, 1.807) is 60.8 Å². The number of rotatable bonds is 8. The van der Waals surface area contributed by atoms with E-state index in [2.05, 4.69) is 14.9 Å². The van der Waals surface area contributed by atoms with Crippen molar-refractivity contribution < 1.29 is 18.3 Å². The minimum absolute atomic E-state index is 0.153. The summed E-state index contributed by atoms with van der Waals surface area (Å²) in [6.07, 6.45) is 1.83. The van der Waals surface area contributed by atoms with Gasteiger partial charge in [0, 0.05) is 22.8 Å². The number of esters is 1. The maximum atomic E-state index is 15.0. The number of pyridine rings is 1. The molecule has 4 aromatic rings. The lowest BCUT2D eigenvalue weighted by Gasteiger charge is -2.22. The molecule has 8 heteroatoms. The van der Waals surface area contributed by atoms with Crippen molar-refractivity contribution in [3.05, 3.63) is 129 Å². The highest BCUT2D eigenvalue weighted by molar-refractivity contribution is 6.30. The van der Waals surface area contributed by atoms with Gasteiger partial charge in [-0.3, -0.25) is 4.98 Å². The first-order valence-electron chi connectivity index (χ1n) is 11.5. The topological polar surface area (TPSA) is 68.6 Å². The first kappa shape index (κ1) is 26.1. The number of aryl methyl sites for hydroxylation is 1. The van der Waals surface area contributed by atoms with Crippen LogP contribution in [0.2, 0.25) is 5.02 Å². The average molecular weight is 521 g/mol. The molecule has 37 heavy (non-hydrogen) atoms. The fourth-order valence-corrected chi connectivity index (χ4v) is 4.50. The van der Waals surface area contributed by atoms with Crippen LogP contribution in [0.1, 0.15) is 51.1 Å². The van der Waals surface area contributed by atoms with Crippen LogP contribution in [0, 0.1) is 23.5 Å². The average Bonchev–Trinajstić information content (AvgIpc) is 2.89. The molecule has 0 aliphatic carbocycles. The molecule has 2 unspecified atom stereocenters. The summed E-state index contributed by atoms with van der Waals surface area (Å²) in [6, 6.07) is 18.7. The predicted octanol–water partition coefficient (Wildman–Crippen LogP) is 7.80. The second kappa shape index (κ2) is 11.4. The Morgan fingerprint density at radius 2 is 1.68 bits per heavy atom. The smallest absolute Gasteiger partial charge is 0.340 e. The van der Waals surface area contributed by atoms with E-state index in [0.29, 0.717) is 22.3 Å². The van der Waals surface area contributed by atoms with Gasteiger partial charge >= 0.3 is 5.97 Å². The molecule has 3 aromatic carbocycles. The highest BCUT2D eigenvalue weighted by Gasteiger charge is 2.25. The third-order valence-electron chi connectivity index (χ3n) is 6.25. The number of aromatic nitrogens is 1. The summed E-state index contributed by atoms with van der Waals surface area (Å²) in [6.45, 7) is 1.82. The van der Waals surface area contributed by atoms with Gasteiger partial charge in [-0.15, -0.1) is 0 Å². The van der Waals surface area contributed by atoms with Crippen LogP contribution >= 0.6 is 11.6 Å². The minimum Gasteiger partial charge on any atom is -0.465 e. The van der Waals surface area contributed by atoms with Gasteiger partial charge in [0.2, 0.25) is 0 Å². The highest BCUT2D eigenvalue weighted by Crippen LogP contribution is 2.38. The summed E-state index contributed by atoms with van der Waals surface area (Å²) >= 11 is 5.98. The number of carbonyl (C=O) groups is 1. The molecule has 0 radical (unpaired) electrons. The van der Waals surface area contributed by atoms with Crippen molar-refractivity contribution in [1.82, 2.24) is 4.98 Å². The number of carbonyl (C=O) groups excluding carboxylic acids is 1. The lowest BCUT2D eigenvalue weighted by atomic mass is 9.83. The maximum absolute atomic E-state index is 15.0. The first-order chi connectivity index (χ1) is 17.8. The van der Waals surface area contributed by atoms with Crippen LogP contribution in [-0.4, -0.2) is 18.1 Å². The van der Waals surface area contributed by atoms with Crippen molar-refractivity contribution in [3.63, 3.8) is 0 Å². The van der Waals surface area contributed by atoms with Gasteiger partial charge < -0.3 is 4.74 Å². The minimum atomic E-state index is -0.755. The molecule has 0 fully saturated rings. The summed E-state index contributed by atoms with van der Waals surface area (Å²) in [7, 11) is 1.19. The number of halogens is 3. The van der Waals surface area contributed by atoms with E-state index >= 15 is 4.39 Å². The molecule has 0 aliphatic rings. The Bertz CT molecular complexity index is 1440. The quantitative estimate of drug-likeness (QED) is 0.175. The number of ether oxygens (including phenoxy) is 1. The van der Waals surface area contributed by atoms with Crippen molar-refractivity contribution in [3.8, 4) is 11.1 Å². The van der Waals surface area contributed by atoms with Crippen LogP contribution in [0.15, 0.2) is 84.2 Å². The van der Waals surface area contributed by atoms with Crippen molar-refractivity contribution in [1.29, 1.82) is 0 Å². The van der Waals surface area contributed by atoms with Crippen LogP contribution in [0.3, 0.4) is 0 Å². The molecule has 0 saturated carbocycles. The Morgan fingerprint density at radius 3 is 2.30 bits per heavy atom. The van der Waals surface area contributed by atoms with Gasteiger partial charge in [0.05, 0.1) is 12.7 Å². The Morgan fingerprint density at radius 1 is 0.946 bits per heavy atom. The second-order valence-corrected chi connectivity index (χ2v) is 9.05. The van der Waals surface area contributed by atoms with Crippen LogP contribution in [0.25, 0.3) is 11.1 Å². The van der Waals surface area contributed by atoms with Crippen LogP contribution in [0.4, 0.5) is 8.78 Å². The molecule has 0 saturated heterocycles. The van der Waals surface area contributed by atoms with E-state index in [1.165, 1.54) is 25.3 Å². The Kier molecular flexibility index (Phi) is 8.04. The fourth-order valence-electron chi connectivity index (χ4n) is 4.34. The summed E-state index contributed by atoms with van der Waals surface area (Å²) in [5.74, 6) is -2.45. The normalized spacial score (nSPS) is 12.6. The molecule has 0 bridgehead atoms. The summed E-state index contributed by atoms with van der Waals surface area (Å²) in [5, 5.41) is 3.60. The molecule has 0 amide bonds. The van der Waals surface area contributed by atoms with E-state index in [4.69, 9.17) is 11.6 Å². The van der Waals surface area contributed by atoms with Crippen molar-refractivity contribution in [2.75, 3.05) is 7.11 Å². The van der Waals surface area contributed by atoms with Crippen molar-refractivity contribution in [2.24, 2.45) is 5.18 Å². The third kappa shape index (κ3) is 5.89. The lowest BCUT2D eigenvalue weighted by molar-refractivity contribution is 0.0595. The largest absolute Gasteiger partial charge is 0.465 e. The summed E-state index contributed by atoms with van der Waals surface area (Å²) in [4.78, 5) is 27.7. The van der Waals surface area contributed by atoms with Gasteiger partial charge in [-0.2, -0.15) is 4.91 Å². The van der Waals surface area contributed by atoms with Gasteiger partial charge in [0.1, 0.15) is 17.7 Å². The van der Waals surface area contributed by atoms with Crippen LogP contribution in [-0.2, 0) is 4.74 Å². The fraction of sp³-hybridized carbons (Fsp3) is 0.172. The van der Waals surface area contributed by atoms with Gasteiger partial charge in [0.25, 0.3) is 0 Å². The molecule has 0 spiro atoms. The number of nitrogens with zero attached hydrogens (tertiary/aromatic N) is 2. The standard InChI is InChI=1S/C29H23ClF2N2O3/c1-17-13-21(11-12-33-17)28(34-36)16-25(23-10-8-22(30)15-27(23)32)19-5-3-18(4-6-19)20-7-9-24(26(31)14-20)29(35)37-2/h3-15,25,28H,16H2,1-2H3. The highest BCUT2D eigenvalue weighted by atomic mass is 35.5. The number of benzene rings is 3. The van der Waals surface area contributed by atoms with Gasteiger partial charge in [-0.05, 0) is 77.6 Å². The molecule has 188 valence electrons. The predicted molar refractivity (Wildman–Crippen MR) is 139 cm³/mol. The number of nitroso groups, excluding NO2 is 1. The monoisotopic (exact) mass is 520 g/mol. The van der Waals surface area contributed by atoms with E-state index in [1.807, 2.05) is 6.92 Å². The van der Waals surface area contributed by atoms with E-state index in [9.17, 15) is 14.1 Å². The van der Waals surface area contributed by atoms with Gasteiger partial charge in [0.15, 0.2) is 0 Å². The lowest BCUT2D eigenvalue weighted by Crippen LogP contribution is -2.09. The summed E-state index contributed by atoms with van der Waals surface area (Å²) in [5.41, 5.74) is 3.67. The van der Waals surface area contributed by atoms with E-state index in [0.717, 1.165) is 11.3 Å². The molecule has 0 N–H and O–H groups in total. The van der Waals surface area contributed by atoms with Crippen LogP contribution in [0.5, 0.6) is 0 Å². The Labute approximate surface area is 218 Å². The molecule has 5 nitrogen and oxygen atoms in total. The first-order valence-corrected chi connectivity index (χ1v) is 11.9. The van der Waals surface area contributed by atoms with E-state index in [-0.39, 0.29) is 17.0 Å².